The molecule has 0 fully saturated rings. The predicted octanol–water partition coefficient (Wildman–Crippen LogP) is 3.16. The number of amides is 2. The molecule has 0 aliphatic carbocycles. The Bertz CT molecular complexity index is 758. The first-order chi connectivity index (χ1) is 13.0. The molecule has 0 aromatic heterocycles. The van der Waals surface area contributed by atoms with Gasteiger partial charge in [0.1, 0.15) is 5.75 Å². The lowest BCUT2D eigenvalue weighted by Crippen LogP contribution is -2.22. The van der Waals surface area contributed by atoms with E-state index < -0.39 is 0 Å². The van der Waals surface area contributed by atoms with Gasteiger partial charge in [-0.05, 0) is 43.2 Å². The molecule has 0 heterocycles. The fourth-order valence-electron chi connectivity index (χ4n) is 2.50. The predicted molar refractivity (Wildman–Crippen MR) is 108 cm³/mol. The second kappa shape index (κ2) is 10.2. The van der Waals surface area contributed by atoms with E-state index >= 15 is 0 Å². The Labute approximate surface area is 160 Å². The summed E-state index contributed by atoms with van der Waals surface area (Å²) < 4.78 is 5.53. The van der Waals surface area contributed by atoms with Gasteiger partial charge in [-0.1, -0.05) is 24.3 Å². The normalized spacial score (nSPS) is 10.2. The van der Waals surface area contributed by atoms with E-state index in [4.69, 9.17) is 4.74 Å². The Hall–Kier alpha value is -3.02. The summed E-state index contributed by atoms with van der Waals surface area (Å²) in [6.07, 6.45) is 1.16. The highest BCUT2D eigenvalue weighted by Gasteiger charge is 2.07. The van der Waals surface area contributed by atoms with Crippen LogP contribution in [-0.4, -0.2) is 44.0 Å². The molecule has 144 valence electrons. The van der Waals surface area contributed by atoms with Crippen LogP contribution in [0.25, 0.3) is 0 Å². The minimum absolute atomic E-state index is 0.103. The summed E-state index contributed by atoms with van der Waals surface area (Å²) in [7, 11) is 3.50. The first kappa shape index (κ1) is 20.3. The third-order valence-corrected chi connectivity index (χ3v) is 3.99. The van der Waals surface area contributed by atoms with E-state index in [9.17, 15) is 9.59 Å². The van der Waals surface area contributed by atoms with E-state index in [1.807, 2.05) is 55.5 Å². The van der Waals surface area contributed by atoms with Gasteiger partial charge in [0.25, 0.3) is 0 Å². The first-order valence-corrected chi connectivity index (χ1v) is 9.04. The van der Waals surface area contributed by atoms with Crippen LogP contribution in [0.3, 0.4) is 0 Å². The van der Waals surface area contributed by atoms with E-state index in [2.05, 4.69) is 10.6 Å². The summed E-state index contributed by atoms with van der Waals surface area (Å²) in [4.78, 5) is 25.4. The van der Waals surface area contributed by atoms with Gasteiger partial charge in [0.2, 0.25) is 11.8 Å². The third-order valence-electron chi connectivity index (χ3n) is 3.99. The molecule has 0 aliphatic rings. The molecule has 0 spiro atoms. The van der Waals surface area contributed by atoms with Gasteiger partial charge < -0.3 is 20.3 Å². The van der Waals surface area contributed by atoms with Crippen LogP contribution in [0.1, 0.15) is 18.9 Å². The van der Waals surface area contributed by atoms with Gasteiger partial charge in [0.15, 0.2) is 0 Å². The summed E-state index contributed by atoms with van der Waals surface area (Å²) in [5, 5.41) is 5.95. The molecule has 0 atom stereocenters. The molecule has 0 saturated heterocycles. The van der Waals surface area contributed by atoms with E-state index in [0.29, 0.717) is 19.4 Å². The highest BCUT2D eigenvalue weighted by atomic mass is 16.5. The van der Waals surface area contributed by atoms with Gasteiger partial charge in [-0.3, -0.25) is 9.59 Å². The summed E-state index contributed by atoms with van der Waals surface area (Å²) >= 11 is 0. The zero-order chi connectivity index (χ0) is 19.6. The number of nitrogens with one attached hydrogen (secondary N) is 2. The molecule has 27 heavy (non-hydrogen) atoms. The number of hydrogen-bond acceptors (Lipinski definition) is 4. The Morgan fingerprint density at radius 3 is 2.41 bits per heavy atom. The average Bonchev–Trinajstić information content (AvgIpc) is 2.66. The van der Waals surface area contributed by atoms with Gasteiger partial charge >= 0.3 is 0 Å². The molecule has 2 aromatic rings. The van der Waals surface area contributed by atoms with Gasteiger partial charge in [-0.25, -0.2) is 0 Å². The van der Waals surface area contributed by atoms with Crippen LogP contribution in [0, 0.1) is 0 Å². The van der Waals surface area contributed by atoms with Crippen LogP contribution < -0.4 is 15.4 Å². The highest BCUT2D eigenvalue weighted by molar-refractivity contribution is 5.93. The van der Waals surface area contributed by atoms with Gasteiger partial charge in [0, 0.05) is 26.2 Å². The molecular formula is C21H27N3O3. The molecule has 0 saturated carbocycles. The average molecular weight is 369 g/mol. The SMILES string of the molecule is CCOc1ccccc1NCC(=O)Nc1ccc(CCC(=O)N(C)C)cc1. The number of nitrogens with zero attached hydrogens (tertiary/aromatic N) is 1. The lowest BCUT2D eigenvalue weighted by atomic mass is 10.1. The largest absolute Gasteiger partial charge is 0.492 e. The zero-order valence-electron chi connectivity index (χ0n) is 16.1. The van der Waals surface area contributed by atoms with Crippen molar-refractivity contribution in [2.24, 2.45) is 0 Å². The fourth-order valence-corrected chi connectivity index (χ4v) is 2.50. The molecular weight excluding hydrogens is 342 g/mol. The molecule has 6 nitrogen and oxygen atoms in total. The fraction of sp³-hybridized carbons (Fsp3) is 0.333. The van der Waals surface area contributed by atoms with Crippen molar-refractivity contribution in [2.75, 3.05) is 37.9 Å². The number of rotatable bonds is 9. The van der Waals surface area contributed by atoms with E-state index in [1.54, 1.807) is 19.0 Å². The van der Waals surface area contributed by atoms with Crippen LogP contribution >= 0.6 is 0 Å². The maximum absolute atomic E-state index is 12.2. The number of aryl methyl sites for hydroxylation is 1. The van der Waals surface area contributed by atoms with Crippen molar-refractivity contribution in [1.29, 1.82) is 0 Å². The maximum Gasteiger partial charge on any atom is 0.243 e. The van der Waals surface area contributed by atoms with Crippen molar-refractivity contribution >= 4 is 23.2 Å². The Morgan fingerprint density at radius 2 is 1.74 bits per heavy atom. The Balaban J connectivity index is 1.83. The maximum atomic E-state index is 12.2. The lowest BCUT2D eigenvalue weighted by molar-refractivity contribution is -0.128. The number of anilines is 2. The molecule has 6 heteroatoms. The van der Waals surface area contributed by atoms with Crippen LogP contribution in [0.15, 0.2) is 48.5 Å². The van der Waals surface area contributed by atoms with Crippen molar-refractivity contribution in [3.8, 4) is 5.75 Å². The van der Waals surface area contributed by atoms with Crippen molar-refractivity contribution in [2.45, 2.75) is 19.8 Å². The number of carbonyl (C=O) groups excluding carboxylic acids is 2. The summed E-state index contributed by atoms with van der Waals surface area (Å²) in [5.41, 5.74) is 2.57. The second-order valence-corrected chi connectivity index (χ2v) is 6.32. The van der Waals surface area contributed by atoms with E-state index in [-0.39, 0.29) is 18.4 Å². The van der Waals surface area contributed by atoms with E-state index in [1.165, 1.54) is 0 Å². The Morgan fingerprint density at radius 1 is 1.04 bits per heavy atom. The molecule has 0 radical (unpaired) electrons. The van der Waals surface area contributed by atoms with Crippen molar-refractivity contribution in [3.63, 3.8) is 0 Å². The molecule has 2 N–H and O–H groups in total. The smallest absolute Gasteiger partial charge is 0.243 e. The van der Waals surface area contributed by atoms with Crippen LogP contribution in [-0.2, 0) is 16.0 Å². The second-order valence-electron chi connectivity index (χ2n) is 6.32. The standard InChI is InChI=1S/C21H27N3O3/c1-4-27-19-8-6-5-7-18(19)22-15-20(25)23-17-12-9-16(10-13-17)11-14-21(26)24(2)3/h5-10,12-13,22H,4,11,14-15H2,1-3H3,(H,23,25). The number of carbonyl (C=O) groups is 2. The van der Waals surface area contributed by atoms with Crippen LogP contribution in [0.4, 0.5) is 11.4 Å². The topological polar surface area (TPSA) is 70.7 Å². The summed E-state index contributed by atoms with van der Waals surface area (Å²) in [5.74, 6) is 0.687. The van der Waals surface area contributed by atoms with E-state index in [0.717, 1.165) is 22.7 Å². The monoisotopic (exact) mass is 369 g/mol. The van der Waals surface area contributed by atoms with Gasteiger partial charge in [-0.15, -0.1) is 0 Å². The lowest BCUT2D eigenvalue weighted by Gasteiger charge is -2.12. The number of ether oxygens (including phenoxy) is 1. The van der Waals surface area contributed by atoms with Crippen LogP contribution in [0.2, 0.25) is 0 Å². The summed E-state index contributed by atoms with van der Waals surface area (Å²) in [6, 6.07) is 15.1. The minimum atomic E-state index is -0.142. The zero-order valence-corrected chi connectivity index (χ0v) is 16.1. The van der Waals surface area contributed by atoms with Gasteiger partial charge in [-0.2, -0.15) is 0 Å². The van der Waals surface area contributed by atoms with Gasteiger partial charge in [0.05, 0.1) is 18.8 Å². The summed E-state index contributed by atoms with van der Waals surface area (Å²) in [6.45, 7) is 2.63. The number of para-hydroxylation sites is 2. The first-order valence-electron chi connectivity index (χ1n) is 9.04. The molecule has 2 amide bonds. The van der Waals surface area contributed by atoms with Crippen molar-refractivity contribution < 1.29 is 14.3 Å². The molecule has 2 aromatic carbocycles. The third kappa shape index (κ3) is 6.66. The quantitative estimate of drug-likeness (QED) is 0.712. The van der Waals surface area contributed by atoms with Crippen molar-refractivity contribution in [3.05, 3.63) is 54.1 Å². The Kier molecular flexibility index (Phi) is 7.67. The number of hydrogen-bond donors (Lipinski definition) is 2. The minimum Gasteiger partial charge on any atom is -0.492 e. The number of benzene rings is 2. The molecule has 0 unspecified atom stereocenters. The highest BCUT2D eigenvalue weighted by Crippen LogP contribution is 2.23. The molecule has 0 bridgehead atoms. The molecule has 0 aliphatic heterocycles. The molecule has 2 rings (SSSR count). The van der Waals surface area contributed by atoms with Crippen molar-refractivity contribution in [1.82, 2.24) is 4.90 Å². The van der Waals surface area contributed by atoms with Crippen LogP contribution in [0.5, 0.6) is 5.75 Å².